The molecular formula is C12H20ClN3. The van der Waals surface area contributed by atoms with Gasteiger partial charge in [0.2, 0.25) is 0 Å². The van der Waals surface area contributed by atoms with Gasteiger partial charge in [-0.3, -0.25) is 0 Å². The third kappa shape index (κ3) is 2.86. The molecule has 0 saturated carbocycles. The van der Waals surface area contributed by atoms with Gasteiger partial charge in [-0.25, -0.2) is 4.98 Å². The van der Waals surface area contributed by atoms with Gasteiger partial charge >= 0.3 is 0 Å². The third-order valence-corrected chi connectivity index (χ3v) is 3.09. The molecule has 1 aromatic heterocycles. The first-order valence-corrected chi connectivity index (χ1v) is 5.70. The van der Waals surface area contributed by atoms with Gasteiger partial charge in [0.15, 0.2) is 0 Å². The van der Waals surface area contributed by atoms with Crippen LogP contribution in [0.15, 0.2) is 18.3 Å². The number of hydrogen-bond acceptors (Lipinski definition) is 3. The van der Waals surface area contributed by atoms with Crippen LogP contribution in [0.5, 0.6) is 0 Å². The fraction of sp³-hybridized carbons (Fsp3) is 0.583. The number of piperidine rings is 1. The van der Waals surface area contributed by atoms with Crippen LogP contribution >= 0.6 is 12.4 Å². The summed E-state index contributed by atoms with van der Waals surface area (Å²) in [5, 5.41) is 0. The van der Waals surface area contributed by atoms with E-state index in [1.165, 1.54) is 24.8 Å². The van der Waals surface area contributed by atoms with Crippen molar-refractivity contribution in [2.45, 2.75) is 32.2 Å². The maximum absolute atomic E-state index is 5.79. The normalized spacial score (nSPS) is 20.4. The second-order valence-corrected chi connectivity index (χ2v) is 4.27. The molecule has 0 radical (unpaired) electrons. The van der Waals surface area contributed by atoms with E-state index in [1.54, 1.807) is 0 Å². The predicted octanol–water partition coefficient (Wildman–Crippen LogP) is 2.13. The highest BCUT2D eigenvalue weighted by atomic mass is 35.5. The van der Waals surface area contributed by atoms with Crippen molar-refractivity contribution in [2.75, 3.05) is 18.0 Å². The monoisotopic (exact) mass is 241 g/mol. The molecule has 1 aliphatic heterocycles. The summed E-state index contributed by atoms with van der Waals surface area (Å²) in [7, 11) is 0. The van der Waals surface area contributed by atoms with Crippen LogP contribution in [0.3, 0.4) is 0 Å². The molecule has 1 aliphatic rings. The van der Waals surface area contributed by atoms with E-state index in [0.29, 0.717) is 6.04 Å². The zero-order valence-corrected chi connectivity index (χ0v) is 10.5. The minimum Gasteiger partial charge on any atom is -0.352 e. The highest BCUT2D eigenvalue weighted by molar-refractivity contribution is 5.85. The Balaban J connectivity index is 0.00000128. The van der Waals surface area contributed by atoms with Gasteiger partial charge in [0.25, 0.3) is 0 Å². The molecule has 2 heterocycles. The predicted molar refractivity (Wildman–Crippen MR) is 70.3 cm³/mol. The molecule has 0 aromatic carbocycles. The second kappa shape index (κ2) is 6.06. The standard InChI is InChI=1S/C12H19N3.ClH/c1-10-5-6-12(14-9-10)15-7-3-2-4-11(15)8-13;/h5-6,9,11H,2-4,7-8,13H2,1H3;1H. The molecule has 4 heteroatoms. The molecule has 1 aromatic rings. The summed E-state index contributed by atoms with van der Waals surface area (Å²) in [5.74, 6) is 1.08. The van der Waals surface area contributed by atoms with Crippen LogP contribution in [0.2, 0.25) is 0 Å². The van der Waals surface area contributed by atoms with E-state index >= 15 is 0 Å². The quantitative estimate of drug-likeness (QED) is 0.863. The molecule has 1 unspecified atom stereocenters. The summed E-state index contributed by atoms with van der Waals surface area (Å²) in [6.07, 6.45) is 5.68. The van der Waals surface area contributed by atoms with Crippen molar-refractivity contribution in [3.8, 4) is 0 Å². The zero-order chi connectivity index (χ0) is 10.7. The maximum Gasteiger partial charge on any atom is 0.128 e. The summed E-state index contributed by atoms with van der Waals surface area (Å²) >= 11 is 0. The largest absolute Gasteiger partial charge is 0.352 e. The minimum absolute atomic E-state index is 0. The summed E-state index contributed by atoms with van der Waals surface area (Å²) < 4.78 is 0. The Morgan fingerprint density at radius 2 is 2.25 bits per heavy atom. The van der Waals surface area contributed by atoms with Gasteiger partial charge in [0.05, 0.1) is 0 Å². The van der Waals surface area contributed by atoms with Crippen molar-refractivity contribution in [1.82, 2.24) is 4.98 Å². The summed E-state index contributed by atoms with van der Waals surface area (Å²) in [6, 6.07) is 4.70. The van der Waals surface area contributed by atoms with E-state index in [0.717, 1.165) is 18.9 Å². The van der Waals surface area contributed by atoms with Gasteiger partial charge in [0, 0.05) is 25.3 Å². The average Bonchev–Trinajstić information content (AvgIpc) is 2.30. The number of anilines is 1. The van der Waals surface area contributed by atoms with E-state index in [2.05, 4.69) is 28.9 Å². The molecule has 2 N–H and O–H groups in total. The van der Waals surface area contributed by atoms with E-state index in [4.69, 9.17) is 5.73 Å². The number of aryl methyl sites for hydroxylation is 1. The molecule has 16 heavy (non-hydrogen) atoms. The van der Waals surface area contributed by atoms with Crippen molar-refractivity contribution in [2.24, 2.45) is 5.73 Å². The number of nitrogens with zero attached hydrogens (tertiary/aromatic N) is 2. The van der Waals surface area contributed by atoms with Crippen molar-refractivity contribution in [3.05, 3.63) is 23.9 Å². The number of hydrogen-bond donors (Lipinski definition) is 1. The molecule has 1 saturated heterocycles. The van der Waals surface area contributed by atoms with Crippen molar-refractivity contribution < 1.29 is 0 Å². The first-order chi connectivity index (χ1) is 7.31. The van der Waals surface area contributed by atoms with Crippen molar-refractivity contribution in [1.29, 1.82) is 0 Å². The smallest absolute Gasteiger partial charge is 0.128 e. The third-order valence-electron chi connectivity index (χ3n) is 3.09. The summed E-state index contributed by atoms with van der Waals surface area (Å²) in [5.41, 5.74) is 7.00. The van der Waals surface area contributed by atoms with Crippen LogP contribution < -0.4 is 10.6 Å². The molecule has 0 spiro atoms. The zero-order valence-electron chi connectivity index (χ0n) is 9.72. The summed E-state index contributed by atoms with van der Waals surface area (Å²) in [6.45, 7) is 3.89. The van der Waals surface area contributed by atoms with Crippen LogP contribution in [0, 0.1) is 6.92 Å². The Bertz CT molecular complexity index is 313. The van der Waals surface area contributed by atoms with E-state index in [9.17, 15) is 0 Å². The number of rotatable bonds is 2. The lowest BCUT2D eigenvalue weighted by Gasteiger charge is -2.36. The Morgan fingerprint density at radius 1 is 1.44 bits per heavy atom. The van der Waals surface area contributed by atoms with Gasteiger partial charge in [-0.15, -0.1) is 12.4 Å². The first kappa shape index (κ1) is 13.3. The van der Waals surface area contributed by atoms with Crippen molar-refractivity contribution >= 4 is 18.2 Å². The Hall–Kier alpha value is -0.800. The fourth-order valence-electron chi connectivity index (χ4n) is 2.18. The van der Waals surface area contributed by atoms with Gasteiger partial charge in [-0.1, -0.05) is 6.07 Å². The van der Waals surface area contributed by atoms with Crippen LogP contribution in [0.4, 0.5) is 5.82 Å². The molecule has 0 amide bonds. The fourth-order valence-corrected chi connectivity index (χ4v) is 2.18. The molecule has 2 rings (SSSR count). The highest BCUT2D eigenvalue weighted by Crippen LogP contribution is 2.22. The van der Waals surface area contributed by atoms with Gasteiger partial charge in [-0.05, 0) is 37.8 Å². The number of aromatic nitrogens is 1. The lowest BCUT2D eigenvalue weighted by atomic mass is 10.0. The lowest BCUT2D eigenvalue weighted by molar-refractivity contribution is 0.462. The number of halogens is 1. The Morgan fingerprint density at radius 3 is 2.88 bits per heavy atom. The molecule has 1 atom stereocenters. The Labute approximate surface area is 103 Å². The molecule has 0 aliphatic carbocycles. The average molecular weight is 242 g/mol. The first-order valence-electron chi connectivity index (χ1n) is 5.70. The van der Waals surface area contributed by atoms with Crippen molar-refractivity contribution in [3.63, 3.8) is 0 Å². The molecule has 90 valence electrons. The Kier molecular flexibility index (Phi) is 5.03. The van der Waals surface area contributed by atoms with E-state index in [-0.39, 0.29) is 12.4 Å². The van der Waals surface area contributed by atoms with Crippen LogP contribution in [0.1, 0.15) is 24.8 Å². The lowest BCUT2D eigenvalue weighted by Crippen LogP contribution is -2.44. The highest BCUT2D eigenvalue weighted by Gasteiger charge is 2.21. The number of nitrogens with two attached hydrogens (primary N) is 1. The molecule has 1 fully saturated rings. The SMILES string of the molecule is Cc1ccc(N2CCCCC2CN)nc1.Cl. The van der Waals surface area contributed by atoms with Crippen LogP contribution in [0.25, 0.3) is 0 Å². The topological polar surface area (TPSA) is 42.1 Å². The van der Waals surface area contributed by atoms with Gasteiger partial charge in [-0.2, -0.15) is 0 Å². The molecule has 3 nitrogen and oxygen atoms in total. The minimum atomic E-state index is 0. The van der Waals surface area contributed by atoms with Crippen LogP contribution in [-0.4, -0.2) is 24.1 Å². The number of pyridine rings is 1. The van der Waals surface area contributed by atoms with Gasteiger partial charge < -0.3 is 10.6 Å². The van der Waals surface area contributed by atoms with E-state index < -0.39 is 0 Å². The second-order valence-electron chi connectivity index (χ2n) is 4.27. The van der Waals surface area contributed by atoms with E-state index in [1.807, 2.05) is 6.20 Å². The molecular weight excluding hydrogens is 222 g/mol. The molecule has 0 bridgehead atoms. The van der Waals surface area contributed by atoms with Crippen LogP contribution in [-0.2, 0) is 0 Å². The van der Waals surface area contributed by atoms with Gasteiger partial charge in [0.1, 0.15) is 5.82 Å². The maximum atomic E-state index is 5.79. The summed E-state index contributed by atoms with van der Waals surface area (Å²) in [4.78, 5) is 6.82.